The minimum atomic E-state index is 0.148. The Morgan fingerprint density at radius 3 is 2.09 bits per heavy atom. The van der Waals surface area contributed by atoms with E-state index >= 15 is 0 Å². The van der Waals surface area contributed by atoms with Crippen molar-refractivity contribution in [2.45, 2.75) is 38.0 Å². The van der Waals surface area contributed by atoms with Crippen LogP contribution in [0.5, 0.6) is 0 Å². The van der Waals surface area contributed by atoms with Crippen molar-refractivity contribution in [3.8, 4) is 0 Å². The summed E-state index contributed by atoms with van der Waals surface area (Å²) >= 11 is 0. The highest BCUT2D eigenvalue weighted by Gasteiger charge is 2.23. The third-order valence-electron chi connectivity index (χ3n) is 4.65. The van der Waals surface area contributed by atoms with E-state index in [0.29, 0.717) is 18.3 Å². The molecule has 0 spiro atoms. The zero-order valence-electron chi connectivity index (χ0n) is 12.9. The number of hydrogen-bond donors (Lipinski definition) is 1. The molecule has 2 heteroatoms. The molecular weight excluding hydrogens is 270 g/mol. The quantitative estimate of drug-likeness (QED) is 0.845. The molecule has 2 nitrogen and oxygen atoms in total. The van der Waals surface area contributed by atoms with Gasteiger partial charge in [-0.2, -0.15) is 0 Å². The van der Waals surface area contributed by atoms with Crippen molar-refractivity contribution >= 4 is 11.6 Å². The highest BCUT2D eigenvalue weighted by atomic mass is 16.1. The minimum absolute atomic E-state index is 0.148. The first-order valence-electron chi connectivity index (χ1n) is 8.21. The molecular formula is C20H23NO. The lowest BCUT2D eigenvalue weighted by Gasteiger charge is -2.28. The number of para-hydroxylation sites is 1. The maximum atomic E-state index is 12.1. The second kappa shape index (κ2) is 7.26. The molecule has 0 atom stereocenters. The van der Waals surface area contributed by atoms with Crippen LogP contribution in [0.3, 0.4) is 0 Å². The molecule has 0 heterocycles. The summed E-state index contributed by atoms with van der Waals surface area (Å²) in [4.78, 5) is 12.1. The molecule has 114 valence electrons. The van der Waals surface area contributed by atoms with Gasteiger partial charge in [0.25, 0.3) is 0 Å². The van der Waals surface area contributed by atoms with E-state index in [1.54, 1.807) is 0 Å². The molecule has 1 fully saturated rings. The van der Waals surface area contributed by atoms with Gasteiger partial charge in [0, 0.05) is 12.1 Å². The molecule has 1 N–H and O–H groups in total. The van der Waals surface area contributed by atoms with Crippen LogP contribution in [0, 0.1) is 5.92 Å². The van der Waals surface area contributed by atoms with Crippen molar-refractivity contribution in [3.63, 3.8) is 0 Å². The van der Waals surface area contributed by atoms with Gasteiger partial charge in [-0.15, -0.1) is 0 Å². The van der Waals surface area contributed by atoms with Gasteiger partial charge in [-0.05, 0) is 55.2 Å². The van der Waals surface area contributed by atoms with Crippen LogP contribution in [-0.2, 0) is 4.79 Å². The third kappa shape index (κ3) is 3.97. The van der Waals surface area contributed by atoms with E-state index in [9.17, 15) is 4.79 Å². The summed E-state index contributed by atoms with van der Waals surface area (Å²) in [7, 11) is 0. The molecule has 1 saturated carbocycles. The van der Waals surface area contributed by atoms with Crippen molar-refractivity contribution in [1.82, 2.24) is 0 Å². The van der Waals surface area contributed by atoms with E-state index in [4.69, 9.17) is 0 Å². The lowest BCUT2D eigenvalue weighted by molar-refractivity contribution is -0.117. The molecule has 2 aromatic carbocycles. The van der Waals surface area contributed by atoms with Gasteiger partial charge in [-0.3, -0.25) is 4.79 Å². The molecule has 1 amide bonds. The summed E-state index contributed by atoms with van der Waals surface area (Å²) in [6, 6.07) is 20.5. The Hall–Kier alpha value is -2.09. The van der Waals surface area contributed by atoms with Crippen LogP contribution in [0.4, 0.5) is 5.69 Å². The average Bonchev–Trinajstić information content (AvgIpc) is 2.57. The van der Waals surface area contributed by atoms with Gasteiger partial charge in [0.2, 0.25) is 5.91 Å². The molecule has 0 saturated heterocycles. The minimum Gasteiger partial charge on any atom is -0.326 e. The summed E-state index contributed by atoms with van der Waals surface area (Å²) in [6.07, 6.45) is 5.36. The van der Waals surface area contributed by atoms with Gasteiger partial charge in [0.05, 0.1) is 0 Å². The fraction of sp³-hybridized carbons (Fsp3) is 0.350. The largest absolute Gasteiger partial charge is 0.326 e. The second-order valence-electron chi connectivity index (χ2n) is 6.25. The summed E-state index contributed by atoms with van der Waals surface area (Å²) in [5.41, 5.74) is 2.35. The highest BCUT2D eigenvalue weighted by molar-refractivity contribution is 5.90. The lowest BCUT2D eigenvalue weighted by Crippen LogP contribution is -2.20. The monoisotopic (exact) mass is 293 g/mol. The molecule has 0 aromatic heterocycles. The summed E-state index contributed by atoms with van der Waals surface area (Å²) in [5, 5.41) is 2.99. The lowest BCUT2D eigenvalue weighted by atomic mass is 9.77. The molecule has 0 unspecified atom stereocenters. The molecule has 1 aliphatic rings. The van der Waals surface area contributed by atoms with Crippen LogP contribution in [-0.4, -0.2) is 5.91 Å². The maximum Gasteiger partial charge on any atom is 0.224 e. The van der Waals surface area contributed by atoms with Crippen LogP contribution in [0.1, 0.15) is 43.6 Å². The number of amides is 1. The SMILES string of the molecule is O=C(C[C@H]1CC[C@@H](c2ccccc2)CC1)Nc1ccccc1. The van der Waals surface area contributed by atoms with Gasteiger partial charge in [-0.25, -0.2) is 0 Å². The summed E-state index contributed by atoms with van der Waals surface area (Å²) in [5.74, 6) is 1.35. The van der Waals surface area contributed by atoms with E-state index in [0.717, 1.165) is 18.5 Å². The molecule has 22 heavy (non-hydrogen) atoms. The smallest absolute Gasteiger partial charge is 0.224 e. The Labute approximate surface area is 132 Å². The Balaban J connectivity index is 1.47. The maximum absolute atomic E-state index is 12.1. The summed E-state index contributed by atoms with van der Waals surface area (Å²) < 4.78 is 0. The summed E-state index contributed by atoms with van der Waals surface area (Å²) in [6.45, 7) is 0. The van der Waals surface area contributed by atoms with Crippen LogP contribution >= 0.6 is 0 Å². The van der Waals surface area contributed by atoms with Crippen LogP contribution in [0.2, 0.25) is 0 Å². The van der Waals surface area contributed by atoms with Gasteiger partial charge in [0.1, 0.15) is 0 Å². The second-order valence-corrected chi connectivity index (χ2v) is 6.25. The number of benzene rings is 2. The zero-order valence-corrected chi connectivity index (χ0v) is 12.9. The van der Waals surface area contributed by atoms with Crippen molar-refractivity contribution in [1.29, 1.82) is 0 Å². The number of carbonyl (C=O) groups excluding carboxylic acids is 1. The van der Waals surface area contributed by atoms with Crippen molar-refractivity contribution in [2.24, 2.45) is 5.92 Å². The Morgan fingerprint density at radius 2 is 1.45 bits per heavy atom. The fourth-order valence-corrected chi connectivity index (χ4v) is 3.42. The first-order valence-corrected chi connectivity index (χ1v) is 8.21. The number of anilines is 1. The number of carbonyl (C=O) groups is 1. The zero-order chi connectivity index (χ0) is 15.2. The molecule has 0 bridgehead atoms. The topological polar surface area (TPSA) is 29.1 Å². The molecule has 0 aliphatic heterocycles. The van der Waals surface area contributed by atoms with Crippen molar-refractivity contribution in [3.05, 3.63) is 66.2 Å². The van der Waals surface area contributed by atoms with Gasteiger partial charge in [0.15, 0.2) is 0 Å². The fourth-order valence-electron chi connectivity index (χ4n) is 3.42. The third-order valence-corrected chi connectivity index (χ3v) is 4.65. The highest BCUT2D eigenvalue weighted by Crippen LogP contribution is 2.36. The van der Waals surface area contributed by atoms with E-state index in [2.05, 4.69) is 35.6 Å². The van der Waals surface area contributed by atoms with Gasteiger partial charge in [-0.1, -0.05) is 48.5 Å². The molecule has 1 aliphatic carbocycles. The Morgan fingerprint density at radius 1 is 0.864 bits per heavy atom. The molecule has 0 radical (unpaired) electrons. The van der Waals surface area contributed by atoms with E-state index in [1.807, 2.05) is 30.3 Å². The number of rotatable bonds is 4. The van der Waals surface area contributed by atoms with Crippen molar-refractivity contribution < 1.29 is 4.79 Å². The first-order chi connectivity index (χ1) is 10.8. The molecule has 2 aromatic rings. The van der Waals surface area contributed by atoms with Crippen LogP contribution in [0.25, 0.3) is 0 Å². The van der Waals surface area contributed by atoms with Crippen LogP contribution in [0.15, 0.2) is 60.7 Å². The Bertz CT molecular complexity index is 586. The first kappa shape index (κ1) is 14.8. The average molecular weight is 293 g/mol. The number of hydrogen-bond acceptors (Lipinski definition) is 1. The van der Waals surface area contributed by atoms with E-state index < -0.39 is 0 Å². The Kier molecular flexibility index (Phi) is 4.89. The normalized spacial score (nSPS) is 21.3. The van der Waals surface area contributed by atoms with E-state index in [1.165, 1.54) is 18.4 Å². The predicted molar refractivity (Wildman–Crippen MR) is 90.8 cm³/mol. The van der Waals surface area contributed by atoms with Gasteiger partial charge >= 0.3 is 0 Å². The molecule has 3 rings (SSSR count). The predicted octanol–water partition coefficient (Wildman–Crippen LogP) is 4.99. The standard InChI is InChI=1S/C20H23NO/c22-20(21-19-9-5-2-6-10-19)15-16-11-13-18(14-12-16)17-7-3-1-4-8-17/h1-10,16,18H,11-15H2,(H,21,22)/t16-,18+. The van der Waals surface area contributed by atoms with Gasteiger partial charge < -0.3 is 5.32 Å². The van der Waals surface area contributed by atoms with Crippen molar-refractivity contribution in [2.75, 3.05) is 5.32 Å². The van der Waals surface area contributed by atoms with E-state index in [-0.39, 0.29) is 5.91 Å². The number of nitrogens with one attached hydrogen (secondary N) is 1. The van der Waals surface area contributed by atoms with Crippen LogP contribution < -0.4 is 5.32 Å².